The Balaban J connectivity index is 1.64. The number of furan rings is 1. The van der Waals surface area contributed by atoms with Crippen LogP contribution in [0.3, 0.4) is 0 Å². The van der Waals surface area contributed by atoms with Crippen molar-refractivity contribution in [3.8, 4) is 0 Å². The third kappa shape index (κ3) is 4.54. The van der Waals surface area contributed by atoms with Crippen molar-refractivity contribution in [3.63, 3.8) is 0 Å². The quantitative estimate of drug-likeness (QED) is 0.491. The first-order valence-corrected chi connectivity index (χ1v) is 11.6. The Kier molecular flexibility index (Phi) is 5.74. The number of nitrogens with one attached hydrogen (secondary N) is 1. The second kappa shape index (κ2) is 8.28. The van der Waals surface area contributed by atoms with E-state index in [9.17, 15) is 4.79 Å². The number of rotatable bonds is 5. The van der Waals surface area contributed by atoms with Crippen LogP contribution in [0, 0.1) is 11.3 Å². The predicted molar refractivity (Wildman–Crippen MR) is 121 cm³/mol. The molecule has 0 fully saturated rings. The average molecular weight is 427 g/mol. The van der Waals surface area contributed by atoms with Gasteiger partial charge in [-0.15, -0.1) is 22.7 Å². The standard InChI is InChI=1S/C23H26N2O2S2/c1-23(2,3)15-8-9-18-19(12-15)29-22(25-14-17-7-5-11-28-17)20(18)21(26)24-13-16-6-4-10-27-16/h4-7,10-11,14-15H,8-9,12-13H2,1-3H3,(H,24,26)/t15-/m0/s1. The van der Waals surface area contributed by atoms with E-state index < -0.39 is 0 Å². The number of fused-ring (bicyclic) bond motifs is 1. The summed E-state index contributed by atoms with van der Waals surface area (Å²) in [6.45, 7) is 7.31. The number of carbonyl (C=O) groups is 1. The van der Waals surface area contributed by atoms with Gasteiger partial charge < -0.3 is 9.73 Å². The summed E-state index contributed by atoms with van der Waals surface area (Å²) in [5, 5.41) is 5.86. The Bertz CT molecular complexity index is 993. The summed E-state index contributed by atoms with van der Waals surface area (Å²) in [5.74, 6) is 1.31. The Morgan fingerprint density at radius 2 is 2.21 bits per heavy atom. The molecule has 0 unspecified atom stereocenters. The van der Waals surface area contributed by atoms with Crippen molar-refractivity contribution in [3.05, 3.63) is 62.6 Å². The average Bonchev–Trinajstić information content (AvgIpc) is 3.43. The summed E-state index contributed by atoms with van der Waals surface area (Å²) in [6, 6.07) is 7.74. The molecule has 1 atom stereocenters. The van der Waals surface area contributed by atoms with Crippen molar-refractivity contribution >= 4 is 39.8 Å². The van der Waals surface area contributed by atoms with E-state index in [1.54, 1.807) is 28.9 Å². The van der Waals surface area contributed by atoms with Gasteiger partial charge in [0.1, 0.15) is 10.8 Å². The molecule has 1 N–H and O–H groups in total. The van der Waals surface area contributed by atoms with Crippen LogP contribution in [0.4, 0.5) is 5.00 Å². The van der Waals surface area contributed by atoms with Gasteiger partial charge in [-0.1, -0.05) is 26.8 Å². The smallest absolute Gasteiger partial charge is 0.255 e. The zero-order chi connectivity index (χ0) is 20.4. The van der Waals surface area contributed by atoms with Gasteiger partial charge >= 0.3 is 0 Å². The topological polar surface area (TPSA) is 54.6 Å². The lowest BCUT2D eigenvalue weighted by Gasteiger charge is -2.33. The third-order valence-electron chi connectivity index (χ3n) is 5.55. The van der Waals surface area contributed by atoms with Gasteiger partial charge in [-0.2, -0.15) is 0 Å². The number of nitrogens with zero attached hydrogens (tertiary/aromatic N) is 1. The first-order valence-electron chi connectivity index (χ1n) is 9.94. The molecule has 0 saturated carbocycles. The molecule has 3 aromatic heterocycles. The second-order valence-electron chi connectivity index (χ2n) is 8.53. The molecule has 0 aromatic carbocycles. The van der Waals surface area contributed by atoms with E-state index in [0.717, 1.165) is 40.5 Å². The van der Waals surface area contributed by atoms with Crippen LogP contribution in [-0.2, 0) is 19.4 Å². The fourth-order valence-electron chi connectivity index (χ4n) is 3.79. The highest BCUT2D eigenvalue weighted by molar-refractivity contribution is 7.16. The van der Waals surface area contributed by atoms with E-state index in [2.05, 4.69) is 26.1 Å². The molecule has 0 radical (unpaired) electrons. The second-order valence-corrected chi connectivity index (χ2v) is 10.6. The zero-order valence-electron chi connectivity index (χ0n) is 17.0. The van der Waals surface area contributed by atoms with Crippen LogP contribution in [0.5, 0.6) is 0 Å². The molecule has 0 spiro atoms. The maximum atomic E-state index is 13.1. The molecule has 4 nitrogen and oxygen atoms in total. The Morgan fingerprint density at radius 3 is 2.90 bits per heavy atom. The van der Waals surface area contributed by atoms with Crippen LogP contribution in [0.1, 0.15) is 58.6 Å². The van der Waals surface area contributed by atoms with Crippen molar-refractivity contribution in [1.82, 2.24) is 5.32 Å². The molecule has 1 aliphatic carbocycles. The number of hydrogen-bond acceptors (Lipinski definition) is 5. The summed E-state index contributed by atoms with van der Waals surface area (Å²) in [4.78, 5) is 20.2. The predicted octanol–water partition coefficient (Wildman–Crippen LogP) is 6.23. The summed E-state index contributed by atoms with van der Waals surface area (Å²) in [7, 11) is 0. The van der Waals surface area contributed by atoms with Crippen molar-refractivity contribution < 1.29 is 9.21 Å². The van der Waals surface area contributed by atoms with E-state index in [-0.39, 0.29) is 11.3 Å². The van der Waals surface area contributed by atoms with E-state index in [4.69, 9.17) is 9.41 Å². The minimum atomic E-state index is -0.0635. The summed E-state index contributed by atoms with van der Waals surface area (Å²) in [6.07, 6.45) is 6.56. The van der Waals surface area contributed by atoms with Crippen LogP contribution in [0.15, 0.2) is 45.3 Å². The lowest BCUT2D eigenvalue weighted by atomic mass is 9.72. The first kappa shape index (κ1) is 20.1. The molecule has 4 rings (SSSR count). The highest BCUT2D eigenvalue weighted by atomic mass is 32.1. The van der Waals surface area contributed by atoms with Gasteiger partial charge in [0.05, 0.1) is 18.4 Å². The molecule has 0 aliphatic heterocycles. The van der Waals surface area contributed by atoms with E-state index in [1.165, 1.54) is 10.4 Å². The SMILES string of the molecule is CC(C)(C)[C@H]1CCc2c(sc(N=Cc3cccs3)c2C(=O)NCc2ccco2)C1. The zero-order valence-corrected chi connectivity index (χ0v) is 18.7. The summed E-state index contributed by atoms with van der Waals surface area (Å²) < 4.78 is 5.35. The van der Waals surface area contributed by atoms with Crippen LogP contribution in [0.2, 0.25) is 0 Å². The monoisotopic (exact) mass is 426 g/mol. The molecular formula is C23H26N2O2S2. The number of amides is 1. The van der Waals surface area contributed by atoms with Crippen molar-refractivity contribution in [2.75, 3.05) is 0 Å². The molecule has 29 heavy (non-hydrogen) atoms. The van der Waals surface area contributed by atoms with Gasteiger partial charge in [-0.3, -0.25) is 4.79 Å². The van der Waals surface area contributed by atoms with Gasteiger partial charge in [0.2, 0.25) is 0 Å². The van der Waals surface area contributed by atoms with Crippen LogP contribution >= 0.6 is 22.7 Å². The van der Waals surface area contributed by atoms with Gasteiger partial charge in [-0.05, 0) is 59.7 Å². The normalized spacial score (nSPS) is 16.9. The molecule has 3 heterocycles. The Hall–Kier alpha value is -2.18. The number of thiophene rings is 2. The fraction of sp³-hybridized carbons (Fsp3) is 0.391. The van der Waals surface area contributed by atoms with E-state index in [1.807, 2.05) is 35.9 Å². The third-order valence-corrected chi connectivity index (χ3v) is 7.52. The molecule has 6 heteroatoms. The highest BCUT2D eigenvalue weighted by Gasteiger charge is 2.33. The van der Waals surface area contributed by atoms with Gasteiger partial charge in [-0.25, -0.2) is 4.99 Å². The van der Waals surface area contributed by atoms with Crippen molar-refractivity contribution in [2.45, 2.75) is 46.6 Å². The van der Waals surface area contributed by atoms with Gasteiger partial charge in [0, 0.05) is 16.0 Å². The van der Waals surface area contributed by atoms with Crippen molar-refractivity contribution in [2.24, 2.45) is 16.3 Å². The molecule has 1 amide bonds. The number of hydrogen-bond donors (Lipinski definition) is 1. The van der Waals surface area contributed by atoms with Gasteiger partial charge in [0.15, 0.2) is 0 Å². The molecule has 3 aromatic rings. The summed E-state index contributed by atoms with van der Waals surface area (Å²) in [5.41, 5.74) is 2.20. The lowest BCUT2D eigenvalue weighted by Crippen LogP contribution is -2.28. The highest BCUT2D eigenvalue weighted by Crippen LogP contribution is 2.45. The number of aliphatic imine (C=N–C) groups is 1. The van der Waals surface area contributed by atoms with E-state index >= 15 is 0 Å². The van der Waals surface area contributed by atoms with Crippen molar-refractivity contribution in [1.29, 1.82) is 0 Å². The fourth-order valence-corrected chi connectivity index (χ4v) is 5.65. The molecule has 0 bridgehead atoms. The maximum Gasteiger partial charge on any atom is 0.255 e. The maximum absolute atomic E-state index is 13.1. The van der Waals surface area contributed by atoms with Crippen LogP contribution in [-0.4, -0.2) is 12.1 Å². The van der Waals surface area contributed by atoms with Crippen LogP contribution < -0.4 is 5.32 Å². The van der Waals surface area contributed by atoms with Crippen LogP contribution in [0.25, 0.3) is 0 Å². The largest absolute Gasteiger partial charge is 0.467 e. The molecule has 1 aliphatic rings. The minimum Gasteiger partial charge on any atom is -0.467 e. The molecular weight excluding hydrogens is 400 g/mol. The first-order chi connectivity index (χ1) is 13.9. The lowest BCUT2D eigenvalue weighted by molar-refractivity contribution is 0.0947. The molecule has 0 saturated heterocycles. The van der Waals surface area contributed by atoms with Gasteiger partial charge in [0.25, 0.3) is 5.91 Å². The Labute approximate surface area is 179 Å². The number of carbonyl (C=O) groups excluding carboxylic acids is 1. The summed E-state index contributed by atoms with van der Waals surface area (Å²) >= 11 is 3.32. The minimum absolute atomic E-state index is 0.0635. The Morgan fingerprint density at radius 1 is 1.34 bits per heavy atom. The van der Waals surface area contributed by atoms with E-state index in [0.29, 0.717) is 12.5 Å². The molecule has 152 valence electrons.